The van der Waals surface area contributed by atoms with Gasteiger partial charge in [-0.05, 0) is 45.3 Å². The first-order valence-electron chi connectivity index (χ1n) is 5.34. The molecule has 1 N–H and O–H groups in total. The van der Waals surface area contributed by atoms with Crippen molar-refractivity contribution in [3.8, 4) is 5.75 Å². The summed E-state index contributed by atoms with van der Waals surface area (Å²) in [6.45, 7) is 4.70. The maximum atomic E-state index is 5.37. The van der Waals surface area contributed by atoms with Crippen molar-refractivity contribution >= 4 is 5.69 Å². The molecule has 1 rings (SSSR count). The Labute approximate surface area is 92.0 Å². The number of rotatable bonds is 6. The lowest BCUT2D eigenvalue weighted by molar-refractivity contribution is 0.340. The monoisotopic (exact) mass is 208 g/mol. The van der Waals surface area contributed by atoms with E-state index in [9.17, 15) is 0 Å². The number of hydrogen-bond acceptors (Lipinski definition) is 3. The van der Waals surface area contributed by atoms with E-state index in [0.717, 1.165) is 24.5 Å². The Morgan fingerprint density at radius 3 is 2.40 bits per heavy atom. The molecule has 0 unspecified atom stereocenters. The molecule has 0 aromatic heterocycles. The maximum Gasteiger partial charge on any atom is 0.119 e. The van der Waals surface area contributed by atoms with Crippen molar-refractivity contribution in [3.05, 3.63) is 24.3 Å². The van der Waals surface area contributed by atoms with Gasteiger partial charge >= 0.3 is 0 Å². The first kappa shape index (κ1) is 11.9. The zero-order valence-electron chi connectivity index (χ0n) is 9.79. The summed E-state index contributed by atoms with van der Waals surface area (Å²) in [5.74, 6) is 0.927. The summed E-state index contributed by atoms with van der Waals surface area (Å²) in [6.07, 6.45) is 0. The van der Waals surface area contributed by atoms with Gasteiger partial charge in [-0.3, -0.25) is 0 Å². The Kier molecular flexibility index (Phi) is 4.98. The van der Waals surface area contributed by atoms with Crippen molar-refractivity contribution < 1.29 is 4.74 Å². The van der Waals surface area contributed by atoms with Crippen LogP contribution in [0.1, 0.15) is 6.92 Å². The van der Waals surface area contributed by atoms with Gasteiger partial charge in [-0.25, -0.2) is 0 Å². The molecule has 1 aromatic rings. The van der Waals surface area contributed by atoms with E-state index < -0.39 is 0 Å². The van der Waals surface area contributed by atoms with E-state index in [1.807, 2.05) is 31.2 Å². The fraction of sp³-hybridized carbons (Fsp3) is 0.500. The van der Waals surface area contributed by atoms with Gasteiger partial charge in [0, 0.05) is 18.8 Å². The third-order valence-electron chi connectivity index (χ3n) is 2.05. The highest BCUT2D eigenvalue weighted by Gasteiger charge is 1.94. The van der Waals surface area contributed by atoms with E-state index in [1.54, 1.807) is 0 Å². The molecule has 15 heavy (non-hydrogen) atoms. The highest BCUT2D eigenvalue weighted by molar-refractivity contribution is 5.46. The summed E-state index contributed by atoms with van der Waals surface area (Å²) in [5, 5.41) is 3.35. The summed E-state index contributed by atoms with van der Waals surface area (Å²) in [7, 11) is 4.14. The van der Waals surface area contributed by atoms with Crippen LogP contribution in [0.4, 0.5) is 5.69 Å². The average Bonchev–Trinajstić information content (AvgIpc) is 2.20. The first-order valence-corrected chi connectivity index (χ1v) is 5.34. The molecule has 0 aliphatic heterocycles. The molecular formula is C12H20N2O. The van der Waals surface area contributed by atoms with Crippen molar-refractivity contribution in [2.75, 3.05) is 39.1 Å². The van der Waals surface area contributed by atoms with E-state index >= 15 is 0 Å². The lowest BCUT2D eigenvalue weighted by Crippen LogP contribution is -2.20. The highest BCUT2D eigenvalue weighted by Crippen LogP contribution is 2.15. The number of anilines is 1. The largest absolute Gasteiger partial charge is 0.494 e. The molecule has 3 heteroatoms. The summed E-state index contributed by atoms with van der Waals surface area (Å²) in [4.78, 5) is 2.15. The average molecular weight is 208 g/mol. The van der Waals surface area contributed by atoms with Crippen molar-refractivity contribution in [1.29, 1.82) is 0 Å². The van der Waals surface area contributed by atoms with Gasteiger partial charge in [0.05, 0.1) is 6.61 Å². The Balaban J connectivity index is 2.36. The molecule has 0 spiro atoms. The minimum Gasteiger partial charge on any atom is -0.494 e. The fourth-order valence-corrected chi connectivity index (χ4v) is 1.26. The first-order chi connectivity index (χ1) is 7.22. The van der Waals surface area contributed by atoms with Crippen molar-refractivity contribution in [2.24, 2.45) is 0 Å². The SMILES string of the molecule is CCOc1ccc(NCCN(C)C)cc1. The van der Waals surface area contributed by atoms with E-state index in [2.05, 4.69) is 24.3 Å². The third kappa shape index (κ3) is 4.70. The van der Waals surface area contributed by atoms with Crippen LogP contribution in [-0.4, -0.2) is 38.7 Å². The predicted octanol–water partition coefficient (Wildman–Crippen LogP) is 2.06. The normalized spacial score (nSPS) is 10.4. The fourth-order valence-electron chi connectivity index (χ4n) is 1.26. The number of nitrogens with zero attached hydrogens (tertiary/aromatic N) is 1. The van der Waals surface area contributed by atoms with Crippen LogP contribution in [0.15, 0.2) is 24.3 Å². The molecule has 0 atom stereocenters. The summed E-state index contributed by atoms with van der Waals surface area (Å²) < 4.78 is 5.37. The topological polar surface area (TPSA) is 24.5 Å². The van der Waals surface area contributed by atoms with Gasteiger partial charge in [-0.2, -0.15) is 0 Å². The van der Waals surface area contributed by atoms with E-state index in [4.69, 9.17) is 4.74 Å². The molecule has 0 saturated carbocycles. The van der Waals surface area contributed by atoms with Crippen LogP contribution in [0.2, 0.25) is 0 Å². The molecule has 1 aromatic carbocycles. The molecule has 0 fully saturated rings. The molecule has 84 valence electrons. The summed E-state index contributed by atoms with van der Waals surface area (Å²) in [5.41, 5.74) is 1.14. The maximum absolute atomic E-state index is 5.37. The summed E-state index contributed by atoms with van der Waals surface area (Å²) >= 11 is 0. The van der Waals surface area contributed by atoms with Crippen LogP contribution in [-0.2, 0) is 0 Å². The Morgan fingerprint density at radius 2 is 1.87 bits per heavy atom. The second-order valence-corrected chi connectivity index (χ2v) is 3.69. The van der Waals surface area contributed by atoms with Gasteiger partial charge < -0.3 is 15.0 Å². The lowest BCUT2D eigenvalue weighted by atomic mass is 10.3. The molecule has 0 amide bonds. The van der Waals surface area contributed by atoms with Gasteiger partial charge in [-0.1, -0.05) is 0 Å². The molecule has 0 bridgehead atoms. The van der Waals surface area contributed by atoms with E-state index in [0.29, 0.717) is 6.61 Å². The number of nitrogens with one attached hydrogen (secondary N) is 1. The van der Waals surface area contributed by atoms with Gasteiger partial charge in [0.1, 0.15) is 5.75 Å². The molecule has 0 saturated heterocycles. The number of hydrogen-bond donors (Lipinski definition) is 1. The van der Waals surface area contributed by atoms with Crippen LogP contribution in [0.25, 0.3) is 0 Å². The Bertz CT molecular complexity index is 269. The number of likely N-dealkylation sites (N-methyl/N-ethyl adjacent to an activating group) is 1. The van der Waals surface area contributed by atoms with Crippen LogP contribution in [0, 0.1) is 0 Å². The highest BCUT2D eigenvalue weighted by atomic mass is 16.5. The van der Waals surface area contributed by atoms with Gasteiger partial charge in [-0.15, -0.1) is 0 Å². The second-order valence-electron chi connectivity index (χ2n) is 3.69. The summed E-state index contributed by atoms with van der Waals surface area (Å²) in [6, 6.07) is 8.06. The standard InChI is InChI=1S/C12H20N2O/c1-4-15-12-7-5-11(6-8-12)13-9-10-14(2)3/h5-8,13H,4,9-10H2,1-3H3. The van der Waals surface area contributed by atoms with Gasteiger partial charge in [0.25, 0.3) is 0 Å². The minimum absolute atomic E-state index is 0.716. The van der Waals surface area contributed by atoms with E-state index in [1.165, 1.54) is 0 Å². The second kappa shape index (κ2) is 6.30. The van der Waals surface area contributed by atoms with Crippen LogP contribution >= 0.6 is 0 Å². The molecule has 0 aliphatic rings. The number of ether oxygens (including phenoxy) is 1. The third-order valence-corrected chi connectivity index (χ3v) is 2.05. The predicted molar refractivity (Wildman–Crippen MR) is 64.7 cm³/mol. The van der Waals surface area contributed by atoms with Crippen LogP contribution in [0.3, 0.4) is 0 Å². The minimum atomic E-state index is 0.716. The zero-order chi connectivity index (χ0) is 11.1. The Morgan fingerprint density at radius 1 is 1.20 bits per heavy atom. The van der Waals surface area contributed by atoms with Crippen molar-refractivity contribution in [2.45, 2.75) is 6.92 Å². The quantitative estimate of drug-likeness (QED) is 0.774. The molecule has 3 nitrogen and oxygen atoms in total. The van der Waals surface area contributed by atoms with Gasteiger partial charge in [0.2, 0.25) is 0 Å². The van der Waals surface area contributed by atoms with Crippen LogP contribution < -0.4 is 10.1 Å². The molecule has 0 aliphatic carbocycles. The van der Waals surface area contributed by atoms with Gasteiger partial charge in [0.15, 0.2) is 0 Å². The molecule has 0 heterocycles. The molecule has 0 radical (unpaired) electrons. The smallest absolute Gasteiger partial charge is 0.119 e. The van der Waals surface area contributed by atoms with E-state index in [-0.39, 0.29) is 0 Å². The van der Waals surface area contributed by atoms with Crippen LogP contribution in [0.5, 0.6) is 5.75 Å². The van der Waals surface area contributed by atoms with Crippen molar-refractivity contribution in [1.82, 2.24) is 4.90 Å². The number of benzene rings is 1. The zero-order valence-corrected chi connectivity index (χ0v) is 9.79. The lowest BCUT2D eigenvalue weighted by Gasteiger charge is -2.11. The molecular weight excluding hydrogens is 188 g/mol. The van der Waals surface area contributed by atoms with Crippen molar-refractivity contribution in [3.63, 3.8) is 0 Å². The Hall–Kier alpha value is -1.22.